The van der Waals surface area contributed by atoms with Crippen LogP contribution in [0.4, 0.5) is 5.69 Å². The van der Waals surface area contributed by atoms with Gasteiger partial charge in [-0.25, -0.2) is 0 Å². The molecule has 4 N–H and O–H groups in total. The first-order valence-electron chi connectivity index (χ1n) is 3.77. The molecule has 5 heteroatoms. The third kappa shape index (κ3) is 1.88. The molecule has 0 atom stereocenters. The molecule has 0 aromatic heterocycles. The van der Waals surface area contributed by atoms with Crippen molar-refractivity contribution < 1.29 is 14.8 Å². The highest BCUT2D eigenvalue weighted by atomic mass is 16.4. The number of anilines is 1. The molecule has 13 heavy (non-hydrogen) atoms. The Hall–Kier alpha value is -1.33. The van der Waals surface area contributed by atoms with Crippen LogP contribution < -0.4 is 11.2 Å². The zero-order valence-electron chi connectivity index (χ0n) is 7.19. The maximum Gasteiger partial charge on any atom is 0.488 e. The highest BCUT2D eigenvalue weighted by molar-refractivity contribution is 6.58. The highest BCUT2D eigenvalue weighted by Gasteiger charge is 2.14. The summed E-state index contributed by atoms with van der Waals surface area (Å²) in [7, 11) is -1.60. The third-order valence-corrected chi connectivity index (χ3v) is 1.94. The van der Waals surface area contributed by atoms with Gasteiger partial charge in [0, 0.05) is 11.3 Å². The first-order chi connectivity index (χ1) is 6.06. The third-order valence-electron chi connectivity index (χ3n) is 1.94. The molecule has 1 aromatic rings. The van der Waals surface area contributed by atoms with Crippen molar-refractivity contribution in [3.8, 4) is 0 Å². The van der Waals surface area contributed by atoms with Crippen molar-refractivity contribution in [3.63, 3.8) is 0 Å². The van der Waals surface area contributed by atoms with E-state index in [1.807, 2.05) is 0 Å². The number of carbonyl (C=O) groups excluding carboxylic acids is 1. The van der Waals surface area contributed by atoms with E-state index in [2.05, 4.69) is 0 Å². The van der Waals surface area contributed by atoms with Gasteiger partial charge in [0.25, 0.3) is 0 Å². The van der Waals surface area contributed by atoms with Crippen LogP contribution in [-0.4, -0.2) is 23.5 Å². The van der Waals surface area contributed by atoms with Gasteiger partial charge in [0.05, 0.1) is 0 Å². The summed E-state index contributed by atoms with van der Waals surface area (Å²) >= 11 is 0. The van der Waals surface area contributed by atoms with Gasteiger partial charge in [0.2, 0.25) is 0 Å². The molecule has 4 nitrogen and oxygen atoms in total. The minimum absolute atomic E-state index is 0.227. The molecule has 0 fully saturated rings. The molecule has 0 amide bonds. The van der Waals surface area contributed by atoms with Gasteiger partial charge in [-0.3, -0.25) is 4.79 Å². The molecule has 0 saturated heterocycles. The van der Waals surface area contributed by atoms with E-state index in [-0.39, 0.29) is 5.46 Å². The average Bonchev–Trinajstić information content (AvgIpc) is 2.09. The van der Waals surface area contributed by atoms with Gasteiger partial charge in [-0.15, -0.1) is 0 Å². The number of benzene rings is 1. The van der Waals surface area contributed by atoms with E-state index < -0.39 is 7.12 Å². The van der Waals surface area contributed by atoms with Crippen molar-refractivity contribution in [2.45, 2.75) is 6.92 Å². The van der Waals surface area contributed by atoms with Crippen LogP contribution in [0.5, 0.6) is 0 Å². The number of nitrogen functional groups attached to an aromatic ring is 1. The Morgan fingerprint density at radius 1 is 1.46 bits per heavy atom. The molecule has 0 heterocycles. The lowest BCUT2D eigenvalue weighted by Crippen LogP contribution is -2.30. The van der Waals surface area contributed by atoms with Crippen LogP contribution in [-0.2, 0) is 0 Å². The van der Waals surface area contributed by atoms with Crippen LogP contribution in [0.3, 0.4) is 0 Å². The van der Waals surface area contributed by atoms with E-state index in [9.17, 15) is 4.79 Å². The number of rotatable bonds is 2. The molecule has 0 radical (unpaired) electrons. The number of aldehydes is 1. The van der Waals surface area contributed by atoms with E-state index in [0.717, 1.165) is 0 Å². The molecule has 0 unspecified atom stereocenters. The van der Waals surface area contributed by atoms with Crippen molar-refractivity contribution in [1.29, 1.82) is 0 Å². The smallest absolute Gasteiger partial charge is 0.423 e. The molecule has 68 valence electrons. The van der Waals surface area contributed by atoms with E-state index in [4.69, 9.17) is 15.8 Å². The lowest BCUT2D eigenvalue weighted by molar-refractivity contribution is 0.112. The second-order valence-corrected chi connectivity index (χ2v) is 2.82. The average molecular weight is 179 g/mol. The van der Waals surface area contributed by atoms with Crippen molar-refractivity contribution in [3.05, 3.63) is 23.3 Å². The standard InChI is InChI=1S/C8H10BNO3/c1-5-6(4-11)2-7(9(12)13)3-8(5)10/h2-4,12-13H,10H2,1H3. The second-order valence-electron chi connectivity index (χ2n) is 2.82. The number of hydrogen-bond donors (Lipinski definition) is 3. The fraction of sp³-hybridized carbons (Fsp3) is 0.125. The zero-order valence-corrected chi connectivity index (χ0v) is 7.19. The molecule has 0 aliphatic rings. The van der Waals surface area contributed by atoms with Crippen molar-refractivity contribution in [2.75, 3.05) is 5.73 Å². The van der Waals surface area contributed by atoms with Gasteiger partial charge < -0.3 is 15.8 Å². The van der Waals surface area contributed by atoms with Gasteiger partial charge in [0.15, 0.2) is 0 Å². The Balaban J connectivity index is 3.30. The Bertz CT molecular complexity index is 338. The number of hydrogen-bond acceptors (Lipinski definition) is 4. The summed E-state index contributed by atoms with van der Waals surface area (Å²) in [6, 6.07) is 2.84. The summed E-state index contributed by atoms with van der Waals surface area (Å²) < 4.78 is 0. The van der Waals surface area contributed by atoms with Gasteiger partial charge in [-0.2, -0.15) is 0 Å². The summed E-state index contributed by atoms with van der Waals surface area (Å²) in [5.41, 5.74) is 7.19. The first-order valence-corrected chi connectivity index (χ1v) is 3.77. The van der Waals surface area contributed by atoms with E-state index >= 15 is 0 Å². The molecule has 0 aliphatic carbocycles. The van der Waals surface area contributed by atoms with E-state index in [1.54, 1.807) is 6.92 Å². The van der Waals surface area contributed by atoms with Crippen molar-refractivity contribution in [2.24, 2.45) is 0 Å². The van der Waals surface area contributed by atoms with Gasteiger partial charge in [-0.1, -0.05) is 6.07 Å². The van der Waals surface area contributed by atoms with Crippen molar-refractivity contribution in [1.82, 2.24) is 0 Å². The predicted molar refractivity (Wildman–Crippen MR) is 50.8 cm³/mol. The summed E-state index contributed by atoms with van der Waals surface area (Å²) in [4.78, 5) is 10.5. The van der Waals surface area contributed by atoms with Gasteiger partial charge in [-0.05, 0) is 24.0 Å². The van der Waals surface area contributed by atoms with Gasteiger partial charge >= 0.3 is 7.12 Å². The van der Waals surface area contributed by atoms with E-state index in [0.29, 0.717) is 23.1 Å². The Morgan fingerprint density at radius 3 is 2.54 bits per heavy atom. The normalized spacial score (nSPS) is 9.77. The zero-order chi connectivity index (χ0) is 10.0. The van der Waals surface area contributed by atoms with Crippen LogP contribution in [0.25, 0.3) is 0 Å². The fourth-order valence-electron chi connectivity index (χ4n) is 1.06. The predicted octanol–water partition coefficient (Wildman–Crippen LogP) is -0.930. The Morgan fingerprint density at radius 2 is 2.08 bits per heavy atom. The molecular weight excluding hydrogens is 169 g/mol. The lowest BCUT2D eigenvalue weighted by atomic mass is 9.78. The summed E-state index contributed by atoms with van der Waals surface area (Å²) in [6.07, 6.45) is 0.636. The molecule has 1 aromatic carbocycles. The van der Waals surface area contributed by atoms with Crippen molar-refractivity contribution >= 4 is 24.6 Å². The van der Waals surface area contributed by atoms with Crippen LogP contribution in [0.15, 0.2) is 12.1 Å². The summed E-state index contributed by atoms with van der Waals surface area (Å²) in [6.45, 7) is 1.70. The minimum atomic E-state index is -1.60. The molecule has 0 bridgehead atoms. The molecule has 0 saturated carbocycles. The number of nitrogens with two attached hydrogens (primary N) is 1. The fourth-order valence-corrected chi connectivity index (χ4v) is 1.06. The van der Waals surface area contributed by atoms with Crippen LogP contribution in [0.2, 0.25) is 0 Å². The monoisotopic (exact) mass is 179 g/mol. The minimum Gasteiger partial charge on any atom is -0.423 e. The van der Waals surface area contributed by atoms with Crippen LogP contribution in [0.1, 0.15) is 15.9 Å². The van der Waals surface area contributed by atoms with Gasteiger partial charge in [0.1, 0.15) is 6.29 Å². The quantitative estimate of drug-likeness (QED) is 0.311. The van der Waals surface area contributed by atoms with Crippen LogP contribution in [0, 0.1) is 6.92 Å². The first kappa shape index (κ1) is 9.76. The Labute approximate surface area is 76.1 Å². The highest BCUT2D eigenvalue weighted by Crippen LogP contribution is 2.12. The molecule has 0 spiro atoms. The molecule has 0 aliphatic heterocycles. The topological polar surface area (TPSA) is 83.6 Å². The Kier molecular flexibility index (Phi) is 2.70. The second kappa shape index (κ2) is 3.59. The lowest BCUT2D eigenvalue weighted by Gasteiger charge is -2.06. The molecular formula is C8H10BNO3. The maximum absolute atomic E-state index is 10.5. The van der Waals surface area contributed by atoms with E-state index in [1.165, 1.54) is 12.1 Å². The SMILES string of the molecule is Cc1c(N)cc(B(O)O)cc1C=O. The van der Waals surface area contributed by atoms with Crippen LogP contribution >= 0.6 is 0 Å². The number of carbonyl (C=O) groups is 1. The maximum atomic E-state index is 10.5. The molecule has 1 rings (SSSR count). The largest absolute Gasteiger partial charge is 0.488 e. The summed E-state index contributed by atoms with van der Waals surface area (Å²) in [5, 5.41) is 17.7. The summed E-state index contributed by atoms with van der Waals surface area (Å²) in [5.74, 6) is 0.